The van der Waals surface area contributed by atoms with Gasteiger partial charge in [0, 0.05) is 22.2 Å². The summed E-state index contributed by atoms with van der Waals surface area (Å²) in [6.45, 7) is 4.83. The summed E-state index contributed by atoms with van der Waals surface area (Å²) < 4.78 is 0. The maximum Gasteiger partial charge on any atom is 0.138 e. The van der Waals surface area contributed by atoms with Crippen LogP contribution in [0.5, 0.6) is 0 Å². The Kier molecular flexibility index (Phi) is 5.68. The summed E-state index contributed by atoms with van der Waals surface area (Å²) in [5, 5.41) is 5.11. The molecule has 6 heteroatoms. The summed E-state index contributed by atoms with van der Waals surface area (Å²) in [5.74, 6) is 1.02. The first kappa shape index (κ1) is 16.3. The molecule has 2 aromatic rings. The van der Waals surface area contributed by atoms with Crippen molar-refractivity contribution in [2.24, 2.45) is 0 Å². The van der Waals surface area contributed by atoms with Crippen LogP contribution in [-0.2, 0) is 6.42 Å². The minimum absolute atomic E-state index is 0.250. The zero-order chi connectivity index (χ0) is 15.4. The second kappa shape index (κ2) is 7.30. The fourth-order valence-corrected chi connectivity index (χ4v) is 2.92. The van der Waals surface area contributed by atoms with E-state index in [2.05, 4.69) is 29.1 Å². The van der Waals surface area contributed by atoms with Gasteiger partial charge in [0.2, 0.25) is 0 Å². The summed E-state index contributed by atoms with van der Waals surface area (Å²) in [6.07, 6.45) is 2.24. The summed E-state index contributed by atoms with van der Waals surface area (Å²) in [4.78, 5) is 8.30. The van der Waals surface area contributed by atoms with E-state index in [0.717, 1.165) is 23.4 Å². The van der Waals surface area contributed by atoms with Gasteiger partial charge in [-0.05, 0) is 30.0 Å². The molecule has 1 N–H and O–H groups in total. The molecule has 0 unspecified atom stereocenters. The van der Waals surface area contributed by atoms with Crippen LogP contribution >= 0.6 is 34.8 Å². The van der Waals surface area contributed by atoms with E-state index in [1.54, 1.807) is 6.07 Å². The van der Waals surface area contributed by atoms with Crippen molar-refractivity contribution in [3.8, 4) is 0 Å². The van der Waals surface area contributed by atoms with Crippen LogP contribution in [0.15, 0.2) is 24.5 Å². The third-order valence-corrected chi connectivity index (χ3v) is 4.00. The van der Waals surface area contributed by atoms with Gasteiger partial charge >= 0.3 is 0 Å². The molecule has 1 aromatic heterocycles. The summed E-state index contributed by atoms with van der Waals surface area (Å²) in [6, 6.07) is 5.52. The molecule has 0 aliphatic rings. The van der Waals surface area contributed by atoms with Crippen molar-refractivity contribution in [3.63, 3.8) is 0 Å². The van der Waals surface area contributed by atoms with E-state index in [1.165, 1.54) is 6.33 Å². The molecular weight excluding hydrogens is 329 g/mol. The van der Waals surface area contributed by atoms with E-state index in [1.807, 2.05) is 12.1 Å². The molecule has 0 saturated carbocycles. The lowest BCUT2D eigenvalue weighted by Crippen LogP contribution is -2.10. The van der Waals surface area contributed by atoms with Gasteiger partial charge in [-0.1, -0.05) is 54.7 Å². The Bertz CT molecular complexity index is 630. The normalized spacial score (nSPS) is 11.0. The van der Waals surface area contributed by atoms with Gasteiger partial charge in [-0.25, -0.2) is 9.97 Å². The zero-order valence-electron chi connectivity index (χ0n) is 11.8. The van der Waals surface area contributed by atoms with Crippen LogP contribution in [-0.4, -0.2) is 16.5 Å². The first-order valence-electron chi connectivity index (χ1n) is 6.67. The highest BCUT2D eigenvalue weighted by Crippen LogP contribution is 2.28. The lowest BCUT2D eigenvalue weighted by Gasteiger charge is -2.14. The second-order valence-corrected chi connectivity index (χ2v) is 6.20. The Morgan fingerprint density at radius 3 is 2.57 bits per heavy atom. The van der Waals surface area contributed by atoms with E-state index < -0.39 is 0 Å². The van der Waals surface area contributed by atoms with Crippen molar-refractivity contribution in [1.82, 2.24) is 9.97 Å². The molecule has 0 fully saturated rings. The monoisotopic (exact) mass is 343 g/mol. The second-order valence-electron chi connectivity index (χ2n) is 4.99. The molecule has 0 amide bonds. The number of aromatic nitrogens is 2. The molecular formula is C15H16Cl3N3. The average molecular weight is 345 g/mol. The van der Waals surface area contributed by atoms with E-state index in [9.17, 15) is 0 Å². The Morgan fingerprint density at radius 2 is 1.90 bits per heavy atom. The highest BCUT2D eigenvalue weighted by atomic mass is 35.5. The maximum atomic E-state index is 6.16. The predicted octanol–water partition coefficient (Wildman–Crippen LogP) is 5.21. The maximum absolute atomic E-state index is 6.16. The van der Waals surface area contributed by atoms with Gasteiger partial charge < -0.3 is 5.32 Å². The van der Waals surface area contributed by atoms with E-state index in [4.69, 9.17) is 34.8 Å². The van der Waals surface area contributed by atoms with E-state index in [-0.39, 0.29) is 5.92 Å². The Morgan fingerprint density at radius 1 is 1.14 bits per heavy atom. The molecule has 112 valence electrons. The largest absolute Gasteiger partial charge is 0.369 e. The van der Waals surface area contributed by atoms with Crippen LogP contribution in [0.25, 0.3) is 0 Å². The van der Waals surface area contributed by atoms with Crippen LogP contribution in [0.2, 0.25) is 15.2 Å². The van der Waals surface area contributed by atoms with E-state index in [0.29, 0.717) is 21.7 Å². The molecule has 0 aliphatic carbocycles. The lowest BCUT2D eigenvalue weighted by molar-refractivity contribution is 0.842. The van der Waals surface area contributed by atoms with Gasteiger partial charge in [0.05, 0.1) is 0 Å². The minimum atomic E-state index is 0.250. The van der Waals surface area contributed by atoms with Gasteiger partial charge in [0.15, 0.2) is 0 Å². The molecule has 1 heterocycles. The molecule has 0 aliphatic heterocycles. The number of halogens is 3. The number of nitrogens with zero attached hydrogens (tertiary/aromatic N) is 2. The lowest BCUT2D eigenvalue weighted by atomic mass is 10.1. The molecule has 1 aromatic carbocycles. The number of benzene rings is 1. The quantitative estimate of drug-likeness (QED) is 0.756. The molecule has 0 spiro atoms. The number of hydrogen-bond donors (Lipinski definition) is 1. The van der Waals surface area contributed by atoms with Crippen molar-refractivity contribution in [1.29, 1.82) is 0 Å². The highest BCUT2D eigenvalue weighted by Gasteiger charge is 2.13. The Labute approximate surface area is 139 Å². The van der Waals surface area contributed by atoms with Crippen LogP contribution in [0.4, 0.5) is 5.82 Å². The summed E-state index contributed by atoms with van der Waals surface area (Å²) in [7, 11) is 0. The summed E-state index contributed by atoms with van der Waals surface area (Å²) in [5.41, 5.74) is 1.97. The smallest absolute Gasteiger partial charge is 0.138 e. The molecule has 0 radical (unpaired) electrons. The molecule has 21 heavy (non-hydrogen) atoms. The van der Waals surface area contributed by atoms with Crippen molar-refractivity contribution >= 4 is 40.6 Å². The zero-order valence-corrected chi connectivity index (χ0v) is 14.1. The van der Waals surface area contributed by atoms with Gasteiger partial charge in [-0.3, -0.25) is 0 Å². The number of anilines is 1. The fourth-order valence-electron chi connectivity index (χ4n) is 2.07. The van der Waals surface area contributed by atoms with E-state index >= 15 is 0 Å². The molecule has 0 saturated heterocycles. The third kappa shape index (κ3) is 4.22. The Hall–Kier alpha value is -1.03. The van der Waals surface area contributed by atoms with Gasteiger partial charge in [0.25, 0.3) is 0 Å². The summed E-state index contributed by atoms with van der Waals surface area (Å²) >= 11 is 18.2. The van der Waals surface area contributed by atoms with Crippen LogP contribution in [0, 0.1) is 0 Å². The van der Waals surface area contributed by atoms with Crippen LogP contribution in [0.1, 0.15) is 30.9 Å². The fraction of sp³-hybridized carbons (Fsp3) is 0.333. The SMILES string of the molecule is CC(C)c1c(Cl)ncnc1NCCc1ccc(Cl)cc1Cl. The standard InChI is InChI=1S/C15H16Cl3N3/c1-9(2)13-14(18)20-8-21-15(13)19-6-5-10-3-4-11(16)7-12(10)17/h3-4,7-9H,5-6H2,1-2H3,(H,19,20,21). The number of hydrogen-bond acceptors (Lipinski definition) is 3. The van der Waals surface area contributed by atoms with Crippen molar-refractivity contribution in [2.45, 2.75) is 26.2 Å². The van der Waals surface area contributed by atoms with Crippen LogP contribution < -0.4 is 5.32 Å². The Balaban J connectivity index is 2.05. The van der Waals surface area contributed by atoms with Crippen molar-refractivity contribution in [3.05, 3.63) is 50.9 Å². The molecule has 0 bridgehead atoms. The molecule has 3 nitrogen and oxygen atoms in total. The first-order chi connectivity index (χ1) is 9.99. The van der Waals surface area contributed by atoms with Gasteiger partial charge in [-0.15, -0.1) is 0 Å². The first-order valence-corrected chi connectivity index (χ1v) is 7.80. The molecule has 2 rings (SSSR count). The third-order valence-electron chi connectivity index (χ3n) is 3.11. The average Bonchev–Trinajstić information content (AvgIpc) is 2.41. The minimum Gasteiger partial charge on any atom is -0.369 e. The number of rotatable bonds is 5. The molecule has 0 atom stereocenters. The van der Waals surface area contributed by atoms with Gasteiger partial charge in [-0.2, -0.15) is 0 Å². The van der Waals surface area contributed by atoms with Crippen molar-refractivity contribution < 1.29 is 0 Å². The van der Waals surface area contributed by atoms with Crippen molar-refractivity contribution in [2.75, 3.05) is 11.9 Å². The van der Waals surface area contributed by atoms with Gasteiger partial charge in [0.1, 0.15) is 17.3 Å². The highest BCUT2D eigenvalue weighted by molar-refractivity contribution is 6.35. The predicted molar refractivity (Wildman–Crippen MR) is 89.8 cm³/mol. The van der Waals surface area contributed by atoms with Crippen LogP contribution in [0.3, 0.4) is 0 Å². The number of nitrogens with one attached hydrogen (secondary N) is 1. The topological polar surface area (TPSA) is 37.8 Å².